The SMILES string of the molecule is CN(C)CCCNC(=O)c1ccc(C#CCN)cc1F. The predicted molar refractivity (Wildman–Crippen MR) is 77.8 cm³/mol. The Balaban J connectivity index is 2.60. The maximum absolute atomic E-state index is 13.8. The molecule has 20 heavy (non-hydrogen) atoms. The molecule has 1 aromatic carbocycles. The third-order valence-electron chi connectivity index (χ3n) is 2.62. The molecule has 0 bridgehead atoms. The van der Waals surface area contributed by atoms with Gasteiger partial charge in [0.15, 0.2) is 0 Å². The number of amides is 1. The standard InChI is InChI=1S/C15H20FN3O/c1-19(2)10-4-9-18-15(20)13-7-6-12(5-3-8-17)11-14(13)16/h6-7,11H,4,8-10,17H2,1-2H3,(H,18,20). The van der Waals surface area contributed by atoms with Crippen molar-refractivity contribution >= 4 is 5.91 Å². The zero-order valence-corrected chi connectivity index (χ0v) is 11.9. The van der Waals surface area contributed by atoms with E-state index in [1.54, 1.807) is 6.07 Å². The Kier molecular flexibility index (Phi) is 6.71. The van der Waals surface area contributed by atoms with Crippen molar-refractivity contribution in [2.45, 2.75) is 6.42 Å². The first-order valence-corrected chi connectivity index (χ1v) is 6.46. The van der Waals surface area contributed by atoms with E-state index in [1.807, 2.05) is 19.0 Å². The number of hydrogen-bond donors (Lipinski definition) is 2. The van der Waals surface area contributed by atoms with Crippen LogP contribution in [0.3, 0.4) is 0 Å². The lowest BCUT2D eigenvalue weighted by Crippen LogP contribution is -2.27. The van der Waals surface area contributed by atoms with Crippen molar-refractivity contribution < 1.29 is 9.18 Å². The molecule has 0 fully saturated rings. The number of carbonyl (C=O) groups is 1. The van der Waals surface area contributed by atoms with E-state index in [0.717, 1.165) is 13.0 Å². The van der Waals surface area contributed by atoms with Crippen LogP contribution < -0.4 is 11.1 Å². The van der Waals surface area contributed by atoms with Crippen LogP contribution in [0.5, 0.6) is 0 Å². The second kappa shape index (κ2) is 8.31. The summed E-state index contributed by atoms with van der Waals surface area (Å²) in [6.07, 6.45) is 0.820. The summed E-state index contributed by atoms with van der Waals surface area (Å²) >= 11 is 0. The molecule has 108 valence electrons. The van der Waals surface area contributed by atoms with E-state index in [-0.39, 0.29) is 12.1 Å². The molecule has 0 heterocycles. The Hall–Kier alpha value is -1.90. The van der Waals surface area contributed by atoms with Gasteiger partial charge in [0.1, 0.15) is 5.82 Å². The number of carbonyl (C=O) groups excluding carboxylic acids is 1. The lowest BCUT2D eigenvalue weighted by atomic mass is 10.1. The van der Waals surface area contributed by atoms with Gasteiger partial charge in [0.05, 0.1) is 12.1 Å². The van der Waals surface area contributed by atoms with Gasteiger partial charge in [0.25, 0.3) is 5.91 Å². The largest absolute Gasteiger partial charge is 0.352 e. The Morgan fingerprint density at radius 2 is 2.20 bits per heavy atom. The molecule has 0 saturated carbocycles. The lowest BCUT2D eigenvalue weighted by Gasteiger charge is -2.10. The molecule has 0 aliphatic heterocycles. The van der Waals surface area contributed by atoms with Gasteiger partial charge in [-0.3, -0.25) is 4.79 Å². The van der Waals surface area contributed by atoms with Crippen LogP contribution in [-0.2, 0) is 0 Å². The molecule has 0 radical (unpaired) electrons. The maximum Gasteiger partial charge on any atom is 0.254 e. The molecular weight excluding hydrogens is 257 g/mol. The van der Waals surface area contributed by atoms with Gasteiger partial charge in [-0.25, -0.2) is 4.39 Å². The molecule has 0 aliphatic rings. The quantitative estimate of drug-likeness (QED) is 0.619. The van der Waals surface area contributed by atoms with E-state index >= 15 is 0 Å². The minimum Gasteiger partial charge on any atom is -0.352 e. The van der Waals surface area contributed by atoms with Crippen molar-refractivity contribution in [1.29, 1.82) is 0 Å². The van der Waals surface area contributed by atoms with Gasteiger partial charge in [-0.05, 0) is 45.3 Å². The fraction of sp³-hybridized carbons (Fsp3) is 0.400. The first-order chi connectivity index (χ1) is 9.54. The highest BCUT2D eigenvalue weighted by Gasteiger charge is 2.11. The molecule has 4 nitrogen and oxygen atoms in total. The average Bonchev–Trinajstić information content (AvgIpc) is 2.41. The van der Waals surface area contributed by atoms with Crippen LogP contribution >= 0.6 is 0 Å². The van der Waals surface area contributed by atoms with Gasteiger partial charge in [-0.15, -0.1) is 0 Å². The number of benzene rings is 1. The van der Waals surface area contributed by atoms with E-state index in [2.05, 4.69) is 17.2 Å². The second-order valence-electron chi connectivity index (χ2n) is 4.61. The lowest BCUT2D eigenvalue weighted by molar-refractivity contribution is 0.0948. The van der Waals surface area contributed by atoms with Crippen LogP contribution in [0.15, 0.2) is 18.2 Å². The number of nitrogens with one attached hydrogen (secondary N) is 1. The molecular formula is C15H20FN3O. The highest BCUT2D eigenvalue weighted by molar-refractivity contribution is 5.94. The van der Waals surface area contributed by atoms with Crippen LogP contribution in [0.2, 0.25) is 0 Å². The number of halogens is 1. The molecule has 5 heteroatoms. The summed E-state index contributed by atoms with van der Waals surface area (Å²) in [5, 5.41) is 2.70. The van der Waals surface area contributed by atoms with Gasteiger partial charge >= 0.3 is 0 Å². The van der Waals surface area contributed by atoms with Gasteiger partial charge in [-0.2, -0.15) is 0 Å². The zero-order valence-electron chi connectivity index (χ0n) is 11.9. The van der Waals surface area contributed by atoms with Crippen molar-refractivity contribution in [2.75, 3.05) is 33.7 Å². The van der Waals surface area contributed by atoms with Crippen LogP contribution in [0, 0.1) is 17.7 Å². The van der Waals surface area contributed by atoms with Crippen molar-refractivity contribution in [3.05, 3.63) is 35.1 Å². The van der Waals surface area contributed by atoms with Gasteiger partial charge in [0.2, 0.25) is 0 Å². The van der Waals surface area contributed by atoms with Gasteiger partial charge in [0, 0.05) is 12.1 Å². The van der Waals surface area contributed by atoms with E-state index < -0.39 is 11.7 Å². The van der Waals surface area contributed by atoms with E-state index in [0.29, 0.717) is 12.1 Å². The minimum absolute atomic E-state index is 0.0353. The van der Waals surface area contributed by atoms with Crippen LogP contribution in [0.4, 0.5) is 4.39 Å². The van der Waals surface area contributed by atoms with Gasteiger partial charge in [-0.1, -0.05) is 11.8 Å². The predicted octanol–water partition coefficient (Wildman–Crippen LogP) is 0.817. The maximum atomic E-state index is 13.8. The summed E-state index contributed by atoms with van der Waals surface area (Å²) in [6.45, 7) is 1.61. The summed E-state index contributed by atoms with van der Waals surface area (Å²) < 4.78 is 13.8. The number of nitrogens with zero attached hydrogens (tertiary/aromatic N) is 1. The topological polar surface area (TPSA) is 58.4 Å². The number of hydrogen-bond acceptors (Lipinski definition) is 3. The Bertz CT molecular complexity index is 518. The highest BCUT2D eigenvalue weighted by atomic mass is 19.1. The summed E-state index contributed by atoms with van der Waals surface area (Å²) in [4.78, 5) is 13.8. The molecule has 3 N–H and O–H groups in total. The minimum atomic E-state index is -0.570. The van der Waals surface area contributed by atoms with Crippen molar-refractivity contribution in [3.63, 3.8) is 0 Å². The normalized spacial score (nSPS) is 10.1. The van der Waals surface area contributed by atoms with Crippen molar-refractivity contribution in [3.8, 4) is 11.8 Å². The number of rotatable bonds is 5. The Morgan fingerprint density at radius 3 is 2.80 bits per heavy atom. The zero-order chi connectivity index (χ0) is 15.0. The van der Waals surface area contributed by atoms with Gasteiger partial charge < -0.3 is 16.0 Å². The number of nitrogens with two attached hydrogens (primary N) is 1. The Morgan fingerprint density at radius 1 is 1.45 bits per heavy atom. The van der Waals surface area contributed by atoms with Crippen LogP contribution in [0.25, 0.3) is 0 Å². The third kappa shape index (κ3) is 5.39. The molecule has 1 aromatic rings. The summed E-state index contributed by atoms with van der Waals surface area (Å²) in [7, 11) is 3.92. The fourth-order valence-electron chi connectivity index (χ4n) is 1.62. The summed E-state index contributed by atoms with van der Waals surface area (Å²) in [5.74, 6) is 4.39. The Labute approximate surface area is 119 Å². The first kappa shape index (κ1) is 16.2. The van der Waals surface area contributed by atoms with Crippen molar-refractivity contribution in [2.24, 2.45) is 5.73 Å². The van der Waals surface area contributed by atoms with E-state index in [1.165, 1.54) is 12.1 Å². The van der Waals surface area contributed by atoms with E-state index in [9.17, 15) is 9.18 Å². The molecule has 1 rings (SSSR count). The molecule has 0 aliphatic carbocycles. The molecule has 0 spiro atoms. The highest BCUT2D eigenvalue weighted by Crippen LogP contribution is 2.09. The molecule has 0 unspecified atom stereocenters. The van der Waals surface area contributed by atoms with Crippen LogP contribution in [0.1, 0.15) is 22.3 Å². The van der Waals surface area contributed by atoms with Crippen LogP contribution in [-0.4, -0.2) is 44.5 Å². The molecule has 1 amide bonds. The summed E-state index contributed by atoms with van der Waals surface area (Å²) in [6, 6.07) is 4.30. The third-order valence-corrected chi connectivity index (χ3v) is 2.62. The molecule has 0 atom stereocenters. The fourth-order valence-corrected chi connectivity index (χ4v) is 1.62. The smallest absolute Gasteiger partial charge is 0.254 e. The second-order valence-corrected chi connectivity index (χ2v) is 4.61. The molecule has 0 saturated heterocycles. The van der Waals surface area contributed by atoms with E-state index in [4.69, 9.17) is 5.73 Å². The van der Waals surface area contributed by atoms with Crippen molar-refractivity contribution in [1.82, 2.24) is 10.2 Å². The average molecular weight is 277 g/mol. The first-order valence-electron chi connectivity index (χ1n) is 6.46. The monoisotopic (exact) mass is 277 g/mol. The molecule has 0 aromatic heterocycles. The summed E-state index contributed by atoms with van der Waals surface area (Å²) in [5.41, 5.74) is 5.79.